The van der Waals surface area contributed by atoms with E-state index >= 15 is 0 Å². The van der Waals surface area contributed by atoms with Crippen molar-refractivity contribution in [1.29, 1.82) is 0 Å². The summed E-state index contributed by atoms with van der Waals surface area (Å²) in [6.45, 7) is 4.14. The van der Waals surface area contributed by atoms with E-state index in [1.807, 2.05) is 37.3 Å². The van der Waals surface area contributed by atoms with E-state index < -0.39 is 0 Å². The van der Waals surface area contributed by atoms with Crippen molar-refractivity contribution in [2.45, 2.75) is 19.9 Å². The highest BCUT2D eigenvalue weighted by Crippen LogP contribution is 2.11. The van der Waals surface area contributed by atoms with Gasteiger partial charge in [-0.05, 0) is 37.1 Å². The average Bonchev–Trinajstić information content (AvgIpc) is 2.66. The Morgan fingerprint density at radius 3 is 2.52 bits per heavy atom. The van der Waals surface area contributed by atoms with E-state index in [2.05, 4.69) is 32.7 Å². The number of methoxy groups -OCH3 is 2. The normalized spacial score (nSPS) is 11.1. The summed E-state index contributed by atoms with van der Waals surface area (Å²) in [4.78, 5) is 8.94. The largest absolute Gasteiger partial charge is 0.497 e. The Labute approximate surface area is 149 Å². The van der Waals surface area contributed by atoms with Crippen LogP contribution in [0.5, 0.6) is 11.6 Å². The molecule has 2 N–H and O–H groups in total. The standard InChI is InChI=1S/C19H26N4O2/c1-4-20-19(22-14-16-6-5-7-18(23-16)25-3)21-13-12-15-8-10-17(24-2)11-9-15/h5-11H,4,12-14H2,1-3H3,(H2,20,21,22). The maximum absolute atomic E-state index is 5.17. The van der Waals surface area contributed by atoms with Crippen molar-refractivity contribution in [3.05, 3.63) is 53.7 Å². The van der Waals surface area contributed by atoms with Gasteiger partial charge in [0.2, 0.25) is 5.88 Å². The van der Waals surface area contributed by atoms with Crippen LogP contribution in [0.25, 0.3) is 0 Å². The molecule has 1 aromatic carbocycles. The predicted octanol–water partition coefficient (Wildman–Crippen LogP) is 2.40. The zero-order valence-corrected chi connectivity index (χ0v) is 15.1. The molecule has 0 saturated heterocycles. The lowest BCUT2D eigenvalue weighted by Gasteiger charge is -2.11. The molecule has 0 fully saturated rings. The molecule has 0 aliphatic carbocycles. The van der Waals surface area contributed by atoms with E-state index in [4.69, 9.17) is 9.47 Å². The van der Waals surface area contributed by atoms with Gasteiger partial charge in [0.1, 0.15) is 5.75 Å². The molecule has 25 heavy (non-hydrogen) atoms. The summed E-state index contributed by atoms with van der Waals surface area (Å²) in [6, 6.07) is 13.8. The molecule has 6 heteroatoms. The number of hydrogen-bond acceptors (Lipinski definition) is 4. The van der Waals surface area contributed by atoms with Crippen LogP contribution >= 0.6 is 0 Å². The van der Waals surface area contributed by atoms with Gasteiger partial charge in [-0.3, -0.25) is 0 Å². The fourth-order valence-electron chi connectivity index (χ4n) is 2.28. The second-order valence-corrected chi connectivity index (χ2v) is 5.39. The molecule has 0 saturated carbocycles. The van der Waals surface area contributed by atoms with E-state index in [1.54, 1.807) is 14.2 Å². The van der Waals surface area contributed by atoms with E-state index in [-0.39, 0.29) is 0 Å². The minimum absolute atomic E-state index is 0.495. The van der Waals surface area contributed by atoms with Crippen LogP contribution in [-0.4, -0.2) is 38.3 Å². The minimum Gasteiger partial charge on any atom is -0.497 e. The fraction of sp³-hybridized carbons (Fsp3) is 0.368. The molecular formula is C19H26N4O2. The van der Waals surface area contributed by atoms with E-state index in [1.165, 1.54) is 5.56 Å². The zero-order valence-electron chi connectivity index (χ0n) is 15.1. The third-order valence-corrected chi connectivity index (χ3v) is 3.60. The molecule has 0 amide bonds. The Morgan fingerprint density at radius 2 is 1.84 bits per heavy atom. The molecule has 0 spiro atoms. The number of aliphatic imine (C=N–C) groups is 1. The maximum Gasteiger partial charge on any atom is 0.213 e. The van der Waals surface area contributed by atoms with Crippen LogP contribution in [0.2, 0.25) is 0 Å². The average molecular weight is 342 g/mol. The third kappa shape index (κ3) is 6.33. The first kappa shape index (κ1) is 18.6. The van der Waals surface area contributed by atoms with E-state index in [0.717, 1.165) is 36.9 Å². The van der Waals surface area contributed by atoms with Crippen molar-refractivity contribution < 1.29 is 9.47 Å². The number of benzene rings is 1. The van der Waals surface area contributed by atoms with Gasteiger partial charge in [0.05, 0.1) is 26.5 Å². The number of aromatic nitrogens is 1. The lowest BCUT2D eigenvalue weighted by Crippen LogP contribution is -2.38. The van der Waals surface area contributed by atoms with Crippen molar-refractivity contribution >= 4 is 5.96 Å². The van der Waals surface area contributed by atoms with Crippen LogP contribution in [0.15, 0.2) is 47.5 Å². The summed E-state index contributed by atoms with van der Waals surface area (Å²) in [5.74, 6) is 2.25. The van der Waals surface area contributed by atoms with Gasteiger partial charge in [0.15, 0.2) is 5.96 Å². The van der Waals surface area contributed by atoms with Crippen molar-refractivity contribution in [3.63, 3.8) is 0 Å². The number of guanidine groups is 1. The number of nitrogens with one attached hydrogen (secondary N) is 2. The Bertz CT molecular complexity index is 671. The predicted molar refractivity (Wildman–Crippen MR) is 100 cm³/mol. The van der Waals surface area contributed by atoms with Crippen LogP contribution in [-0.2, 0) is 13.0 Å². The fourth-order valence-corrected chi connectivity index (χ4v) is 2.28. The lowest BCUT2D eigenvalue weighted by atomic mass is 10.1. The first-order chi connectivity index (χ1) is 12.2. The van der Waals surface area contributed by atoms with Gasteiger partial charge in [-0.25, -0.2) is 9.98 Å². The Hall–Kier alpha value is -2.76. The molecule has 2 rings (SSSR count). The SMILES string of the molecule is CCNC(=NCc1cccc(OC)n1)NCCc1ccc(OC)cc1. The molecule has 0 bridgehead atoms. The Kier molecular flexibility index (Phi) is 7.56. The summed E-state index contributed by atoms with van der Waals surface area (Å²) in [5.41, 5.74) is 2.12. The van der Waals surface area contributed by atoms with Crippen molar-refractivity contribution in [2.24, 2.45) is 4.99 Å². The first-order valence-electron chi connectivity index (χ1n) is 8.40. The zero-order chi connectivity index (χ0) is 17.9. The van der Waals surface area contributed by atoms with Crippen molar-refractivity contribution in [3.8, 4) is 11.6 Å². The molecule has 2 aromatic rings. The number of nitrogens with zero attached hydrogens (tertiary/aromatic N) is 2. The summed E-state index contributed by atoms with van der Waals surface area (Å²) in [6.07, 6.45) is 0.909. The van der Waals surface area contributed by atoms with Crippen LogP contribution < -0.4 is 20.1 Å². The quantitative estimate of drug-likeness (QED) is 0.569. The topological polar surface area (TPSA) is 67.8 Å². The van der Waals surface area contributed by atoms with Gasteiger partial charge in [0, 0.05) is 19.2 Å². The number of pyridine rings is 1. The number of hydrogen-bond donors (Lipinski definition) is 2. The third-order valence-electron chi connectivity index (χ3n) is 3.60. The summed E-state index contributed by atoms with van der Waals surface area (Å²) in [5, 5.41) is 6.59. The number of rotatable bonds is 8. The highest BCUT2D eigenvalue weighted by molar-refractivity contribution is 5.79. The summed E-state index contributed by atoms with van der Waals surface area (Å²) < 4.78 is 10.3. The Balaban J connectivity index is 1.88. The minimum atomic E-state index is 0.495. The number of ether oxygens (including phenoxy) is 2. The highest BCUT2D eigenvalue weighted by atomic mass is 16.5. The van der Waals surface area contributed by atoms with Gasteiger partial charge in [0.25, 0.3) is 0 Å². The first-order valence-corrected chi connectivity index (χ1v) is 8.40. The van der Waals surface area contributed by atoms with E-state index in [0.29, 0.717) is 12.4 Å². The molecule has 1 heterocycles. The monoisotopic (exact) mass is 342 g/mol. The van der Waals surface area contributed by atoms with Crippen LogP contribution in [0, 0.1) is 0 Å². The van der Waals surface area contributed by atoms with Crippen LogP contribution in [0.3, 0.4) is 0 Å². The molecule has 1 aromatic heterocycles. The molecular weight excluding hydrogens is 316 g/mol. The highest BCUT2D eigenvalue weighted by Gasteiger charge is 2.01. The smallest absolute Gasteiger partial charge is 0.213 e. The second kappa shape index (κ2) is 10.2. The van der Waals surface area contributed by atoms with Crippen LogP contribution in [0.4, 0.5) is 0 Å². The van der Waals surface area contributed by atoms with Crippen LogP contribution in [0.1, 0.15) is 18.2 Å². The van der Waals surface area contributed by atoms with Crippen molar-refractivity contribution in [1.82, 2.24) is 15.6 Å². The molecule has 0 radical (unpaired) electrons. The second-order valence-electron chi connectivity index (χ2n) is 5.39. The van der Waals surface area contributed by atoms with Gasteiger partial charge in [-0.1, -0.05) is 18.2 Å². The molecule has 6 nitrogen and oxygen atoms in total. The van der Waals surface area contributed by atoms with Crippen molar-refractivity contribution in [2.75, 3.05) is 27.3 Å². The molecule has 0 unspecified atom stereocenters. The van der Waals surface area contributed by atoms with Gasteiger partial charge in [-0.2, -0.15) is 0 Å². The van der Waals surface area contributed by atoms with Gasteiger partial charge >= 0.3 is 0 Å². The molecule has 0 atom stereocenters. The lowest BCUT2D eigenvalue weighted by molar-refractivity contribution is 0.396. The molecule has 0 aliphatic rings. The Morgan fingerprint density at radius 1 is 1.04 bits per heavy atom. The molecule has 0 aliphatic heterocycles. The van der Waals surface area contributed by atoms with E-state index in [9.17, 15) is 0 Å². The van der Waals surface area contributed by atoms with Gasteiger partial charge < -0.3 is 20.1 Å². The maximum atomic E-state index is 5.17. The molecule has 134 valence electrons. The summed E-state index contributed by atoms with van der Waals surface area (Å²) >= 11 is 0. The summed E-state index contributed by atoms with van der Waals surface area (Å²) in [7, 11) is 3.28. The van der Waals surface area contributed by atoms with Gasteiger partial charge in [-0.15, -0.1) is 0 Å².